The molecule has 2 aromatic carbocycles. The molecule has 1 aliphatic rings. The number of imide groups is 1. The molecule has 3 rings (SSSR count). The van der Waals surface area contributed by atoms with Gasteiger partial charge in [0.25, 0.3) is 17.7 Å². The Morgan fingerprint density at radius 1 is 1.04 bits per heavy atom. The molecule has 3 amide bonds. The molecule has 0 aliphatic carbocycles. The average molecular weight is 354 g/mol. The molecule has 0 radical (unpaired) electrons. The first kappa shape index (κ1) is 17.2. The molecule has 0 saturated carbocycles. The van der Waals surface area contributed by atoms with Crippen molar-refractivity contribution < 1.29 is 14.4 Å². The Morgan fingerprint density at radius 3 is 2.36 bits per heavy atom. The van der Waals surface area contributed by atoms with Crippen LogP contribution in [0.25, 0.3) is 0 Å². The van der Waals surface area contributed by atoms with Crippen LogP contribution < -0.4 is 5.32 Å². The van der Waals surface area contributed by atoms with Gasteiger partial charge in [0.1, 0.15) is 0 Å². The van der Waals surface area contributed by atoms with Crippen molar-refractivity contribution in [2.45, 2.75) is 24.0 Å². The monoisotopic (exact) mass is 354 g/mol. The van der Waals surface area contributed by atoms with E-state index in [9.17, 15) is 14.4 Å². The minimum atomic E-state index is -0.403. The van der Waals surface area contributed by atoms with Crippen LogP contribution >= 0.6 is 11.8 Å². The van der Waals surface area contributed by atoms with Crippen LogP contribution in [0, 0.1) is 0 Å². The van der Waals surface area contributed by atoms with Crippen LogP contribution in [0.3, 0.4) is 0 Å². The van der Waals surface area contributed by atoms with E-state index in [1.165, 1.54) is 7.05 Å². The summed E-state index contributed by atoms with van der Waals surface area (Å²) in [4.78, 5) is 38.9. The minimum absolute atomic E-state index is 0.246. The van der Waals surface area contributed by atoms with E-state index >= 15 is 0 Å². The number of hydrogen-bond donors (Lipinski definition) is 1. The quantitative estimate of drug-likeness (QED) is 0.672. The van der Waals surface area contributed by atoms with Crippen molar-refractivity contribution in [2.75, 3.05) is 12.4 Å². The molecule has 25 heavy (non-hydrogen) atoms. The number of anilines is 1. The van der Waals surface area contributed by atoms with Crippen molar-refractivity contribution in [1.82, 2.24) is 4.90 Å². The summed E-state index contributed by atoms with van der Waals surface area (Å²) < 4.78 is 0. The highest BCUT2D eigenvalue weighted by atomic mass is 32.2. The lowest BCUT2D eigenvalue weighted by Gasteiger charge is -2.10. The predicted octanol–water partition coefficient (Wildman–Crippen LogP) is 3.67. The first-order valence-corrected chi connectivity index (χ1v) is 8.80. The number of amides is 3. The maximum atomic E-state index is 12.5. The van der Waals surface area contributed by atoms with Crippen LogP contribution in [-0.2, 0) is 0 Å². The van der Waals surface area contributed by atoms with E-state index in [0.717, 1.165) is 9.80 Å². The van der Waals surface area contributed by atoms with Crippen LogP contribution in [0.1, 0.15) is 44.9 Å². The van der Waals surface area contributed by atoms with Crippen LogP contribution in [0.15, 0.2) is 47.4 Å². The highest BCUT2D eigenvalue weighted by molar-refractivity contribution is 7.99. The van der Waals surface area contributed by atoms with Crippen molar-refractivity contribution >= 4 is 35.2 Å². The highest BCUT2D eigenvalue weighted by Crippen LogP contribution is 2.29. The zero-order chi connectivity index (χ0) is 18.1. The molecule has 0 unspecified atom stereocenters. The second-order valence-electron chi connectivity index (χ2n) is 6.04. The van der Waals surface area contributed by atoms with Gasteiger partial charge in [0.15, 0.2) is 0 Å². The Hall–Kier alpha value is -2.60. The van der Waals surface area contributed by atoms with Crippen molar-refractivity contribution in [3.05, 3.63) is 59.2 Å². The van der Waals surface area contributed by atoms with Gasteiger partial charge < -0.3 is 5.32 Å². The molecule has 1 aliphatic heterocycles. The third kappa shape index (κ3) is 3.30. The van der Waals surface area contributed by atoms with Gasteiger partial charge in [-0.15, -0.1) is 11.8 Å². The van der Waals surface area contributed by atoms with Gasteiger partial charge in [0, 0.05) is 22.8 Å². The minimum Gasteiger partial charge on any atom is -0.321 e. The van der Waals surface area contributed by atoms with Crippen molar-refractivity contribution in [3.8, 4) is 0 Å². The molecular weight excluding hydrogens is 336 g/mol. The molecule has 0 spiro atoms. The van der Waals surface area contributed by atoms with E-state index in [2.05, 4.69) is 19.2 Å². The van der Waals surface area contributed by atoms with Crippen LogP contribution in [0.4, 0.5) is 5.69 Å². The van der Waals surface area contributed by atoms with Crippen LogP contribution in [-0.4, -0.2) is 34.9 Å². The molecule has 0 aromatic heterocycles. The summed E-state index contributed by atoms with van der Waals surface area (Å²) in [7, 11) is 1.43. The lowest BCUT2D eigenvalue weighted by Crippen LogP contribution is -2.24. The Bertz CT molecular complexity index is 859. The van der Waals surface area contributed by atoms with Gasteiger partial charge in [0.05, 0.1) is 16.8 Å². The summed E-state index contributed by atoms with van der Waals surface area (Å²) >= 11 is 1.72. The summed E-state index contributed by atoms with van der Waals surface area (Å²) in [6.45, 7) is 4.22. The number of nitrogens with zero attached hydrogens (tertiary/aromatic N) is 1. The first-order valence-electron chi connectivity index (χ1n) is 7.92. The Labute approximate surface area is 150 Å². The number of nitrogens with one attached hydrogen (secondary N) is 1. The fourth-order valence-corrected chi connectivity index (χ4v) is 3.49. The fourth-order valence-electron chi connectivity index (χ4n) is 2.66. The topological polar surface area (TPSA) is 66.5 Å². The number of carbonyl (C=O) groups excluding carboxylic acids is 3. The zero-order valence-electron chi connectivity index (χ0n) is 14.2. The predicted molar refractivity (Wildman–Crippen MR) is 98.3 cm³/mol. The largest absolute Gasteiger partial charge is 0.321 e. The number of thioether (sulfide) groups is 1. The lowest BCUT2D eigenvalue weighted by molar-refractivity contribution is 0.0693. The Morgan fingerprint density at radius 2 is 1.72 bits per heavy atom. The van der Waals surface area contributed by atoms with E-state index in [-0.39, 0.29) is 17.4 Å². The molecule has 1 heterocycles. The van der Waals surface area contributed by atoms with Crippen LogP contribution in [0.2, 0.25) is 0 Å². The fraction of sp³-hybridized carbons (Fsp3) is 0.211. The summed E-state index contributed by atoms with van der Waals surface area (Å²) in [6.07, 6.45) is 0. The molecule has 0 fully saturated rings. The molecule has 128 valence electrons. The van der Waals surface area contributed by atoms with E-state index in [4.69, 9.17) is 0 Å². The summed E-state index contributed by atoms with van der Waals surface area (Å²) in [5.74, 6) is -1.07. The molecule has 5 nitrogen and oxygen atoms in total. The Balaban J connectivity index is 1.83. The maximum Gasteiger partial charge on any atom is 0.263 e. The summed E-state index contributed by atoms with van der Waals surface area (Å²) in [5.41, 5.74) is 1.41. The smallest absolute Gasteiger partial charge is 0.263 e. The maximum absolute atomic E-state index is 12.5. The molecule has 0 atom stereocenters. The van der Waals surface area contributed by atoms with Gasteiger partial charge in [-0.3, -0.25) is 19.3 Å². The second-order valence-corrected chi connectivity index (χ2v) is 7.69. The SMILES string of the molecule is CC(C)Sc1ccc(C(=O)Nc2cccc3c2C(=O)N(C)C3=O)cc1. The number of rotatable bonds is 4. The molecule has 6 heteroatoms. The van der Waals surface area contributed by atoms with Gasteiger partial charge in [-0.2, -0.15) is 0 Å². The molecule has 2 aromatic rings. The average Bonchev–Trinajstić information content (AvgIpc) is 2.80. The molecule has 1 N–H and O–H groups in total. The summed E-state index contributed by atoms with van der Waals surface area (Å²) in [6, 6.07) is 12.2. The number of carbonyl (C=O) groups is 3. The first-order chi connectivity index (χ1) is 11.9. The lowest BCUT2D eigenvalue weighted by atomic mass is 10.1. The van der Waals surface area contributed by atoms with Crippen molar-refractivity contribution in [1.29, 1.82) is 0 Å². The standard InChI is InChI=1S/C19H18N2O3S/c1-11(2)25-13-9-7-12(8-10-13)17(22)20-15-6-4-5-14-16(15)19(24)21(3)18(14)23/h4-11H,1-3H3,(H,20,22). The van der Waals surface area contributed by atoms with Gasteiger partial charge in [-0.05, 0) is 36.4 Å². The van der Waals surface area contributed by atoms with E-state index in [0.29, 0.717) is 22.1 Å². The third-order valence-electron chi connectivity index (χ3n) is 3.85. The van der Waals surface area contributed by atoms with Crippen LogP contribution in [0.5, 0.6) is 0 Å². The van der Waals surface area contributed by atoms with E-state index < -0.39 is 5.91 Å². The van der Waals surface area contributed by atoms with Crippen molar-refractivity contribution in [2.24, 2.45) is 0 Å². The van der Waals surface area contributed by atoms with Gasteiger partial charge >= 0.3 is 0 Å². The molecule has 0 saturated heterocycles. The zero-order valence-corrected chi connectivity index (χ0v) is 15.0. The van der Waals surface area contributed by atoms with E-state index in [1.807, 2.05) is 12.1 Å². The number of benzene rings is 2. The Kier molecular flexibility index (Phi) is 4.63. The molecular formula is C19H18N2O3S. The molecule has 0 bridgehead atoms. The van der Waals surface area contributed by atoms with Crippen molar-refractivity contribution in [3.63, 3.8) is 0 Å². The third-order valence-corrected chi connectivity index (χ3v) is 4.87. The highest BCUT2D eigenvalue weighted by Gasteiger charge is 2.35. The van der Waals surface area contributed by atoms with Gasteiger partial charge in [-0.1, -0.05) is 19.9 Å². The number of hydrogen-bond acceptors (Lipinski definition) is 4. The van der Waals surface area contributed by atoms with Gasteiger partial charge in [-0.25, -0.2) is 0 Å². The second kappa shape index (κ2) is 6.72. The normalized spacial score (nSPS) is 13.4. The summed E-state index contributed by atoms with van der Waals surface area (Å²) in [5, 5.41) is 3.21. The van der Waals surface area contributed by atoms with E-state index in [1.54, 1.807) is 42.1 Å². The van der Waals surface area contributed by atoms with Gasteiger partial charge in [0.2, 0.25) is 0 Å². The number of fused-ring (bicyclic) bond motifs is 1.